The van der Waals surface area contributed by atoms with E-state index in [4.69, 9.17) is 9.47 Å². The van der Waals surface area contributed by atoms with E-state index in [9.17, 15) is 19.2 Å². The van der Waals surface area contributed by atoms with Crippen LogP contribution in [0.2, 0.25) is 0 Å². The van der Waals surface area contributed by atoms with E-state index in [1.165, 1.54) is 7.05 Å². The lowest BCUT2D eigenvalue weighted by atomic mass is 10.2. The van der Waals surface area contributed by atoms with E-state index >= 15 is 0 Å². The van der Waals surface area contributed by atoms with E-state index in [1.807, 2.05) is 0 Å². The van der Waals surface area contributed by atoms with Crippen LogP contribution in [0.3, 0.4) is 0 Å². The molecule has 9 nitrogen and oxygen atoms in total. The number of amides is 1. The van der Waals surface area contributed by atoms with E-state index in [0.717, 1.165) is 16.3 Å². The third kappa shape index (κ3) is 3.64. The van der Waals surface area contributed by atoms with Gasteiger partial charge in [-0.15, -0.1) is 11.3 Å². The fourth-order valence-corrected chi connectivity index (χ4v) is 3.36. The molecule has 10 heteroatoms. The van der Waals surface area contributed by atoms with Gasteiger partial charge in [-0.2, -0.15) is 4.68 Å². The largest absolute Gasteiger partial charge is 0.462 e. The maximum atomic E-state index is 12.8. The maximum Gasteiger partial charge on any atom is 0.429 e. The molecule has 0 aliphatic carbocycles. The number of esters is 1. The molecule has 0 aliphatic rings. The van der Waals surface area contributed by atoms with Gasteiger partial charge in [-0.1, -0.05) is 0 Å². The van der Waals surface area contributed by atoms with E-state index < -0.39 is 28.9 Å². The Hall–Kier alpha value is -2.62. The summed E-state index contributed by atoms with van der Waals surface area (Å²) in [6.45, 7) is 8.46. The minimum atomic E-state index is -0.858. The highest BCUT2D eigenvalue weighted by molar-refractivity contribution is 7.20. The quantitative estimate of drug-likeness (QED) is 0.808. The number of aromatic amines is 1. The molecule has 1 N–H and O–H groups in total. The van der Waals surface area contributed by atoms with Crippen molar-refractivity contribution in [3.05, 3.63) is 31.3 Å². The highest BCUT2D eigenvalue weighted by atomic mass is 32.1. The number of aryl methyl sites for hydroxylation is 1. The number of carbonyl (C=O) groups is 2. The lowest BCUT2D eigenvalue weighted by molar-refractivity contribution is 0.0526. The molecule has 26 heavy (non-hydrogen) atoms. The molecule has 0 radical (unpaired) electrons. The molecule has 142 valence electrons. The molecule has 2 heterocycles. The van der Waals surface area contributed by atoms with Gasteiger partial charge in [0.05, 0.1) is 12.0 Å². The second-order valence-electron chi connectivity index (χ2n) is 6.53. The van der Waals surface area contributed by atoms with Crippen LogP contribution in [-0.4, -0.2) is 41.0 Å². The maximum absolute atomic E-state index is 12.8. The number of aromatic nitrogens is 2. The molecule has 2 aromatic rings. The van der Waals surface area contributed by atoms with Crippen LogP contribution in [0, 0.1) is 6.92 Å². The van der Waals surface area contributed by atoms with Crippen LogP contribution < -0.4 is 16.3 Å². The Labute approximate surface area is 153 Å². The number of H-pyrrole nitrogens is 1. The Morgan fingerprint density at radius 1 is 1.27 bits per heavy atom. The first-order valence-corrected chi connectivity index (χ1v) is 8.72. The first-order valence-electron chi connectivity index (χ1n) is 7.90. The van der Waals surface area contributed by atoms with E-state index in [0.29, 0.717) is 10.2 Å². The van der Waals surface area contributed by atoms with Crippen LogP contribution in [0.15, 0.2) is 9.59 Å². The average Bonchev–Trinajstić information content (AvgIpc) is 2.82. The summed E-state index contributed by atoms with van der Waals surface area (Å²) in [7, 11) is 1.25. The van der Waals surface area contributed by atoms with Crippen LogP contribution in [0.1, 0.15) is 42.9 Å². The first kappa shape index (κ1) is 19.7. The van der Waals surface area contributed by atoms with Crippen LogP contribution >= 0.6 is 11.3 Å². The standard InChI is InChI=1S/C16H21N3O6S/c1-7-24-13(21)10-8(2)9-11(26-10)17-14(22)19(12(9)20)18(6)15(23)25-16(3,4)5/h7H2,1-6H3,(H,17,22). The number of nitrogens with one attached hydrogen (secondary N) is 1. The Balaban J connectivity index is 2.61. The summed E-state index contributed by atoms with van der Waals surface area (Å²) in [5.74, 6) is -0.571. The second-order valence-corrected chi connectivity index (χ2v) is 7.55. The van der Waals surface area contributed by atoms with Gasteiger partial charge in [-0.3, -0.25) is 9.78 Å². The number of thiophene rings is 1. The molecule has 1 amide bonds. The van der Waals surface area contributed by atoms with Gasteiger partial charge < -0.3 is 9.47 Å². The zero-order valence-electron chi connectivity index (χ0n) is 15.5. The second kappa shape index (κ2) is 6.94. The van der Waals surface area contributed by atoms with E-state index in [-0.39, 0.29) is 21.7 Å². The van der Waals surface area contributed by atoms with Crippen molar-refractivity contribution in [2.45, 2.75) is 40.2 Å². The van der Waals surface area contributed by atoms with Crippen molar-refractivity contribution in [3.63, 3.8) is 0 Å². The predicted molar refractivity (Wildman–Crippen MR) is 97.8 cm³/mol. The van der Waals surface area contributed by atoms with Crippen molar-refractivity contribution in [2.75, 3.05) is 18.7 Å². The summed E-state index contributed by atoms with van der Waals surface area (Å²) in [6, 6.07) is 0. The molecule has 0 aliphatic heterocycles. The molecule has 0 atom stereocenters. The van der Waals surface area contributed by atoms with Crippen molar-refractivity contribution in [2.24, 2.45) is 0 Å². The molecule has 0 saturated heterocycles. The fraction of sp³-hybridized carbons (Fsp3) is 0.500. The third-order valence-corrected chi connectivity index (χ3v) is 4.57. The fourth-order valence-electron chi connectivity index (χ4n) is 2.28. The average molecular weight is 383 g/mol. The van der Waals surface area contributed by atoms with Crippen molar-refractivity contribution >= 4 is 33.6 Å². The summed E-state index contributed by atoms with van der Waals surface area (Å²) in [5, 5.41) is 0.945. The molecular weight excluding hydrogens is 362 g/mol. The molecular formula is C16H21N3O6S. The van der Waals surface area contributed by atoms with Crippen LogP contribution in [0.5, 0.6) is 0 Å². The van der Waals surface area contributed by atoms with Gasteiger partial charge in [0, 0.05) is 7.05 Å². The number of fused-ring (bicyclic) bond motifs is 1. The summed E-state index contributed by atoms with van der Waals surface area (Å²) in [4.78, 5) is 52.4. The lowest BCUT2D eigenvalue weighted by Crippen LogP contribution is -2.52. The Morgan fingerprint density at radius 2 is 1.88 bits per heavy atom. The number of rotatable bonds is 3. The molecule has 0 unspecified atom stereocenters. The number of ether oxygens (including phenoxy) is 2. The van der Waals surface area contributed by atoms with Gasteiger partial charge in [-0.05, 0) is 40.2 Å². The summed E-state index contributed by atoms with van der Waals surface area (Å²) in [6.07, 6.45) is -0.858. The van der Waals surface area contributed by atoms with Crippen LogP contribution in [-0.2, 0) is 9.47 Å². The normalized spacial score (nSPS) is 11.5. The first-order chi connectivity index (χ1) is 12.0. The Morgan fingerprint density at radius 3 is 2.42 bits per heavy atom. The van der Waals surface area contributed by atoms with Gasteiger partial charge in [-0.25, -0.2) is 19.4 Å². The van der Waals surface area contributed by atoms with Gasteiger partial charge in [0.2, 0.25) is 0 Å². The smallest absolute Gasteiger partial charge is 0.429 e. The number of nitrogens with zero attached hydrogens (tertiary/aromatic N) is 2. The van der Waals surface area contributed by atoms with Crippen molar-refractivity contribution in [1.82, 2.24) is 9.66 Å². The van der Waals surface area contributed by atoms with Crippen LogP contribution in [0.25, 0.3) is 10.2 Å². The molecule has 0 fully saturated rings. The highest BCUT2D eigenvalue weighted by Gasteiger charge is 2.26. The molecule has 0 spiro atoms. The summed E-state index contributed by atoms with van der Waals surface area (Å²) < 4.78 is 10.8. The molecule has 2 aromatic heterocycles. The van der Waals surface area contributed by atoms with Gasteiger partial charge >= 0.3 is 17.8 Å². The SMILES string of the molecule is CCOC(=O)c1sc2[nH]c(=O)n(N(C)C(=O)OC(C)(C)C)c(=O)c2c1C. The van der Waals surface area contributed by atoms with Crippen LogP contribution in [0.4, 0.5) is 4.79 Å². The number of carbonyl (C=O) groups excluding carboxylic acids is 2. The minimum absolute atomic E-state index is 0.146. The monoisotopic (exact) mass is 383 g/mol. The van der Waals surface area contributed by atoms with Crippen molar-refractivity contribution in [3.8, 4) is 0 Å². The van der Waals surface area contributed by atoms with Gasteiger partial charge in [0.15, 0.2) is 0 Å². The predicted octanol–water partition coefficient (Wildman–Crippen LogP) is 1.74. The topological polar surface area (TPSA) is 111 Å². The van der Waals surface area contributed by atoms with Crippen molar-refractivity contribution < 1.29 is 19.1 Å². The number of hydrogen-bond donors (Lipinski definition) is 1. The van der Waals surface area contributed by atoms with Crippen molar-refractivity contribution in [1.29, 1.82) is 0 Å². The minimum Gasteiger partial charge on any atom is -0.462 e. The summed E-state index contributed by atoms with van der Waals surface area (Å²) in [5.41, 5.74) is -1.94. The molecule has 0 saturated carbocycles. The molecule has 0 aromatic carbocycles. The molecule has 0 bridgehead atoms. The Bertz CT molecular complexity index is 979. The Kier molecular flexibility index (Phi) is 5.26. The molecule has 2 rings (SSSR count). The number of hydrogen-bond acceptors (Lipinski definition) is 7. The zero-order chi connectivity index (χ0) is 19.8. The van der Waals surface area contributed by atoms with E-state index in [1.54, 1.807) is 34.6 Å². The van der Waals surface area contributed by atoms with E-state index in [2.05, 4.69) is 4.98 Å². The van der Waals surface area contributed by atoms with Gasteiger partial charge in [0.1, 0.15) is 15.3 Å². The lowest BCUT2D eigenvalue weighted by Gasteiger charge is -2.24. The van der Waals surface area contributed by atoms with Gasteiger partial charge in [0.25, 0.3) is 5.56 Å². The third-order valence-electron chi connectivity index (χ3n) is 3.38. The zero-order valence-corrected chi connectivity index (χ0v) is 16.3. The summed E-state index contributed by atoms with van der Waals surface area (Å²) >= 11 is 0.961. The highest BCUT2D eigenvalue weighted by Crippen LogP contribution is 2.26.